The van der Waals surface area contributed by atoms with Crippen LogP contribution in [0.3, 0.4) is 0 Å². The van der Waals surface area contributed by atoms with Crippen LogP contribution in [0.15, 0.2) is 24.3 Å². The normalized spacial score (nSPS) is 29.1. The van der Waals surface area contributed by atoms with E-state index in [4.69, 9.17) is 0 Å². The quantitative estimate of drug-likeness (QED) is 0.783. The Morgan fingerprint density at radius 2 is 2.21 bits per heavy atom. The summed E-state index contributed by atoms with van der Waals surface area (Å²) in [5, 5.41) is 0. The molecule has 1 aromatic rings. The maximum absolute atomic E-state index is 12.5. The predicted molar refractivity (Wildman–Crippen MR) is 80.5 cm³/mol. The lowest BCUT2D eigenvalue weighted by Crippen LogP contribution is -2.33. The molecule has 2 aliphatic rings. The fourth-order valence-corrected chi connectivity index (χ4v) is 4.06. The van der Waals surface area contributed by atoms with E-state index in [0.29, 0.717) is 22.6 Å². The number of hydrogen-bond acceptors (Lipinski definition) is 1. The molecule has 1 amide bonds. The molecule has 0 saturated heterocycles. The van der Waals surface area contributed by atoms with E-state index >= 15 is 0 Å². The third kappa shape index (κ3) is 2.33. The van der Waals surface area contributed by atoms with Gasteiger partial charge in [-0.25, -0.2) is 0 Å². The largest absolute Gasteiger partial charge is 0.344 e. The Labute approximate surface area is 123 Å². The summed E-state index contributed by atoms with van der Waals surface area (Å²) in [6.45, 7) is 2.87. The molecule has 0 radical (unpaired) electrons. The number of halogens is 1. The number of rotatable bonds is 3. The first kappa shape index (κ1) is 13.2. The molecule has 2 nitrogen and oxygen atoms in total. The summed E-state index contributed by atoms with van der Waals surface area (Å²) in [5.41, 5.74) is 2.88. The summed E-state index contributed by atoms with van der Waals surface area (Å²) in [6, 6.07) is 8.64. The Morgan fingerprint density at radius 1 is 1.47 bits per heavy atom. The molecule has 4 unspecified atom stereocenters. The minimum absolute atomic E-state index is 0.236. The third-order valence-corrected chi connectivity index (χ3v) is 4.81. The van der Waals surface area contributed by atoms with Crippen molar-refractivity contribution < 1.29 is 4.79 Å². The van der Waals surface area contributed by atoms with Gasteiger partial charge in [0.25, 0.3) is 0 Å². The zero-order chi connectivity index (χ0) is 13.6. The van der Waals surface area contributed by atoms with Crippen LogP contribution >= 0.6 is 15.9 Å². The number of carbonyl (C=O) groups is 1. The SMILES string of the molecule is CC(Br)CN(C)C(=O)C1C2CCc3ccccc3C21. The van der Waals surface area contributed by atoms with E-state index in [0.717, 1.165) is 13.0 Å². The molecular formula is C16H20BrNO. The minimum Gasteiger partial charge on any atom is -0.344 e. The van der Waals surface area contributed by atoms with Crippen LogP contribution in [0, 0.1) is 11.8 Å². The maximum atomic E-state index is 12.5. The standard InChI is InChI=1S/C16H20BrNO/c1-10(17)9-18(2)16(19)15-13-8-7-11-5-3-4-6-12(11)14(13)15/h3-6,10,13-15H,7-9H2,1-2H3. The molecule has 3 rings (SSSR count). The number of carbonyl (C=O) groups excluding carboxylic acids is 1. The number of aryl methyl sites for hydroxylation is 1. The highest BCUT2D eigenvalue weighted by molar-refractivity contribution is 9.09. The third-order valence-electron chi connectivity index (χ3n) is 4.52. The van der Waals surface area contributed by atoms with E-state index in [1.165, 1.54) is 17.5 Å². The first-order chi connectivity index (χ1) is 9.09. The van der Waals surface area contributed by atoms with Crippen LogP contribution in [0.1, 0.15) is 30.4 Å². The van der Waals surface area contributed by atoms with Crippen LogP contribution in [0.4, 0.5) is 0 Å². The summed E-state index contributed by atoms with van der Waals surface area (Å²) in [4.78, 5) is 14.8. The predicted octanol–water partition coefficient (Wildman–Crippen LogP) is 3.20. The number of amides is 1. The summed E-state index contributed by atoms with van der Waals surface area (Å²) < 4.78 is 0. The van der Waals surface area contributed by atoms with E-state index < -0.39 is 0 Å². The van der Waals surface area contributed by atoms with Gasteiger partial charge in [-0.05, 0) is 35.8 Å². The number of alkyl halides is 1. The van der Waals surface area contributed by atoms with Crippen molar-refractivity contribution in [3.8, 4) is 0 Å². The lowest BCUT2D eigenvalue weighted by Gasteiger charge is -2.18. The highest BCUT2D eigenvalue weighted by Gasteiger charge is 2.57. The van der Waals surface area contributed by atoms with Gasteiger partial charge in [0.2, 0.25) is 5.91 Å². The second-order valence-electron chi connectivity index (χ2n) is 5.95. The van der Waals surface area contributed by atoms with Gasteiger partial charge in [0.1, 0.15) is 0 Å². The Morgan fingerprint density at radius 3 is 2.95 bits per heavy atom. The molecule has 1 saturated carbocycles. The monoisotopic (exact) mass is 321 g/mol. The van der Waals surface area contributed by atoms with Crippen LogP contribution in [0.2, 0.25) is 0 Å². The number of nitrogens with zero attached hydrogens (tertiary/aromatic N) is 1. The van der Waals surface area contributed by atoms with Crippen LogP contribution in [-0.4, -0.2) is 29.2 Å². The lowest BCUT2D eigenvalue weighted by molar-refractivity contribution is -0.131. The van der Waals surface area contributed by atoms with E-state index in [9.17, 15) is 4.79 Å². The second kappa shape index (κ2) is 4.93. The van der Waals surface area contributed by atoms with E-state index in [1.54, 1.807) is 0 Å². The van der Waals surface area contributed by atoms with Gasteiger partial charge in [-0.15, -0.1) is 0 Å². The fraction of sp³-hybridized carbons (Fsp3) is 0.562. The van der Waals surface area contributed by atoms with Gasteiger partial charge in [0.05, 0.1) is 0 Å². The molecule has 2 aliphatic carbocycles. The van der Waals surface area contributed by atoms with Gasteiger partial charge in [-0.3, -0.25) is 4.79 Å². The van der Waals surface area contributed by atoms with Gasteiger partial charge >= 0.3 is 0 Å². The molecule has 0 aliphatic heterocycles. The molecule has 19 heavy (non-hydrogen) atoms. The highest BCUT2D eigenvalue weighted by atomic mass is 79.9. The molecule has 1 fully saturated rings. The maximum Gasteiger partial charge on any atom is 0.226 e. The van der Waals surface area contributed by atoms with Crippen molar-refractivity contribution in [3.63, 3.8) is 0 Å². The zero-order valence-corrected chi connectivity index (χ0v) is 13.1. The first-order valence-corrected chi connectivity index (χ1v) is 7.98. The van der Waals surface area contributed by atoms with Crippen LogP contribution in [0.5, 0.6) is 0 Å². The van der Waals surface area contributed by atoms with Crippen molar-refractivity contribution in [1.82, 2.24) is 4.90 Å². The smallest absolute Gasteiger partial charge is 0.226 e. The van der Waals surface area contributed by atoms with Crippen molar-refractivity contribution in [2.75, 3.05) is 13.6 Å². The van der Waals surface area contributed by atoms with Crippen molar-refractivity contribution in [2.45, 2.75) is 30.5 Å². The van der Waals surface area contributed by atoms with Crippen LogP contribution < -0.4 is 0 Å². The first-order valence-electron chi connectivity index (χ1n) is 7.06. The molecule has 3 heteroatoms. The summed E-state index contributed by atoms with van der Waals surface area (Å²) in [6.07, 6.45) is 2.31. The Balaban J connectivity index is 1.75. The van der Waals surface area contributed by atoms with Gasteiger partial charge in [-0.1, -0.05) is 47.1 Å². The topological polar surface area (TPSA) is 20.3 Å². The summed E-state index contributed by atoms with van der Waals surface area (Å²) in [7, 11) is 1.93. The molecule has 4 atom stereocenters. The number of benzene rings is 1. The van der Waals surface area contributed by atoms with Crippen LogP contribution in [0.25, 0.3) is 0 Å². The molecule has 0 N–H and O–H groups in total. The molecule has 0 spiro atoms. The molecule has 0 bridgehead atoms. The van der Waals surface area contributed by atoms with Crippen LogP contribution in [-0.2, 0) is 11.2 Å². The molecule has 102 valence electrons. The summed E-state index contributed by atoms with van der Waals surface area (Å²) >= 11 is 3.52. The average molecular weight is 322 g/mol. The zero-order valence-electron chi connectivity index (χ0n) is 11.5. The average Bonchev–Trinajstić information content (AvgIpc) is 3.11. The second-order valence-corrected chi connectivity index (χ2v) is 7.52. The molecule has 1 aromatic carbocycles. The number of hydrogen-bond donors (Lipinski definition) is 0. The van der Waals surface area contributed by atoms with Crippen molar-refractivity contribution in [3.05, 3.63) is 35.4 Å². The van der Waals surface area contributed by atoms with E-state index in [-0.39, 0.29) is 5.92 Å². The Bertz CT molecular complexity index is 499. The van der Waals surface area contributed by atoms with E-state index in [1.807, 2.05) is 11.9 Å². The van der Waals surface area contributed by atoms with Gasteiger partial charge in [0.15, 0.2) is 0 Å². The molecule has 0 heterocycles. The minimum atomic E-state index is 0.236. The fourth-order valence-electron chi connectivity index (χ4n) is 3.62. The van der Waals surface area contributed by atoms with Crippen molar-refractivity contribution >= 4 is 21.8 Å². The van der Waals surface area contributed by atoms with Crippen molar-refractivity contribution in [1.29, 1.82) is 0 Å². The highest BCUT2D eigenvalue weighted by Crippen LogP contribution is 2.60. The summed E-state index contributed by atoms with van der Waals surface area (Å²) in [5.74, 6) is 1.65. The van der Waals surface area contributed by atoms with Gasteiger partial charge in [0, 0.05) is 24.3 Å². The van der Waals surface area contributed by atoms with Gasteiger partial charge in [-0.2, -0.15) is 0 Å². The molecular weight excluding hydrogens is 302 g/mol. The molecule has 0 aromatic heterocycles. The van der Waals surface area contributed by atoms with E-state index in [2.05, 4.69) is 47.1 Å². The lowest BCUT2D eigenvalue weighted by atomic mass is 9.92. The van der Waals surface area contributed by atoms with Gasteiger partial charge < -0.3 is 4.90 Å². The van der Waals surface area contributed by atoms with Crippen molar-refractivity contribution in [2.24, 2.45) is 11.8 Å². The Kier molecular flexibility index (Phi) is 3.42. The Hall–Kier alpha value is -0.830. The number of fused-ring (bicyclic) bond motifs is 3.